The normalized spacial score (nSPS) is 16.7. The zero-order valence-electron chi connectivity index (χ0n) is 11.1. The molecule has 0 spiro atoms. The number of fused-ring (bicyclic) bond motifs is 1. The van der Waals surface area contributed by atoms with Gasteiger partial charge in [0.15, 0.2) is 17.3 Å². The minimum Gasteiger partial charge on any atom is -0.494 e. The van der Waals surface area contributed by atoms with E-state index in [0.717, 1.165) is 5.69 Å². The smallest absolute Gasteiger partial charge is 0.165 e. The maximum absolute atomic E-state index is 13.8. The van der Waals surface area contributed by atoms with Crippen LogP contribution in [-0.2, 0) is 0 Å². The molecular weight excluding hydrogens is 316 g/mol. The highest BCUT2D eigenvalue weighted by Gasteiger charge is 2.24. The number of nitrogens with one attached hydrogen (secondary N) is 1. The lowest BCUT2D eigenvalue weighted by molar-refractivity contribution is 0.210. The summed E-state index contributed by atoms with van der Waals surface area (Å²) in [5, 5.41) is 4.14. The van der Waals surface area contributed by atoms with Crippen molar-refractivity contribution in [3.8, 4) is 11.5 Å². The molecule has 21 heavy (non-hydrogen) atoms. The first-order chi connectivity index (χ1) is 10.1. The minimum absolute atomic E-state index is 0.202. The van der Waals surface area contributed by atoms with Gasteiger partial charge in [0.1, 0.15) is 6.10 Å². The number of benzene rings is 2. The van der Waals surface area contributed by atoms with Gasteiger partial charge in [0.05, 0.1) is 24.4 Å². The quantitative estimate of drug-likeness (QED) is 0.868. The Kier molecular flexibility index (Phi) is 3.83. The standard InChI is InChI=1S/C15H12Cl2FNO2/c1-20-13-3-2-8(4-11(13)18)14-7-19-12-6-9(16)5-10(17)15(12)21-14/h2-6,14,19H,7H2,1H3. The monoisotopic (exact) mass is 327 g/mol. The predicted molar refractivity (Wildman–Crippen MR) is 81.3 cm³/mol. The molecule has 2 aromatic rings. The Morgan fingerprint density at radius 3 is 2.81 bits per heavy atom. The van der Waals surface area contributed by atoms with Crippen LogP contribution in [0.4, 0.5) is 10.1 Å². The average molecular weight is 328 g/mol. The Bertz CT molecular complexity index is 694. The largest absolute Gasteiger partial charge is 0.494 e. The lowest BCUT2D eigenvalue weighted by Crippen LogP contribution is -2.24. The van der Waals surface area contributed by atoms with Crippen LogP contribution in [0.3, 0.4) is 0 Å². The van der Waals surface area contributed by atoms with E-state index < -0.39 is 5.82 Å². The van der Waals surface area contributed by atoms with Gasteiger partial charge in [0.2, 0.25) is 0 Å². The summed E-state index contributed by atoms with van der Waals surface area (Å²) < 4.78 is 24.6. The van der Waals surface area contributed by atoms with Gasteiger partial charge in [-0.05, 0) is 29.8 Å². The van der Waals surface area contributed by atoms with Crippen LogP contribution in [0, 0.1) is 5.82 Å². The van der Waals surface area contributed by atoms with Crippen molar-refractivity contribution in [3.63, 3.8) is 0 Å². The first-order valence-electron chi connectivity index (χ1n) is 6.31. The number of hydrogen-bond donors (Lipinski definition) is 1. The molecule has 1 aliphatic rings. The zero-order valence-corrected chi connectivity index (χ0v) is 12.6. The molecule has 0 amide bonds. The molecule has 3 nitrogen and oxygen atoms in total. The third-order valence-electron chi connectivity index (χ3n) is 3.29. The molecular formula is C15H12Cl2FNO2. The van der Waals surface area contributed by atoms with Crippen LogP contribution in [0.5, 0.6) is 11.5 Å². The fraction of sp³-hybridized carbons (Fsp3) is 0.200. The second-order valence-corrected chi connectivity index (χ2v) is 5.49. The van der Waals surface area contributed by atoms with E-state index in [1.165, 1.54) is 13.2 Å². The van der Waals surface area contributed by atoms with E-state index in [9.17, 15) is 4.39 Å². The summed E-state index contributed by atoms with van der Waals surface area (Å²) in [6.07, 6.45) is -0.336. The molecule has 0 radical (unpaired) electrons. The van der Waals surface area contributed by atoms with E-state index in [-0.39, 0.29) is 11.9 Å². The van der Waals surface area contributed by atoms with Crippen LogP contribution in [0.15, 0.2) is 30.3 Å². The number of hydrogen-bond acceptors (Lipinski definition) is 3. The zero-order chi connectivity index (χ0) is 15.0. The van der Waals surface area contributed by atoms with Crippen LogP contribution in [0.1, 0.15) is 11.7 Å². The van der Waals surface area contributed by atoms with Crippen molar-refractivity contribution in [2.75, 3.05) is 19.0 Å². The van der Waals surface area contributed by atoms with Crippen LogP contribution >= 0.6 is 23.2 Å². The fourth-order valence-corrected chi connectivity index (χ4v) is 2.80. The van der Waals surface area contributed by atoms with E-state index in [1.807, 2.05) is 0 Å². The van der Waals surface area contributed by atoms with Gasteiger partial charge in [-0.1, -0.05) is 29.3 Å². The molecule has 110 valence electrons. The summed E-state index contributed by atoms with van der Waals surface area (Å²) >= 11 is 12.1. The maximum atomic E-state index is 13.8. The van der Waals surface area contributed by atoms with Crippen LogP contribution in [-0.4, -0.2) is 13.7 Å². The molecule has 0 saturated carbocycles. The van der Waals surface area contributed by atoms with Crippen molar-refractivity contribution in [1.82, 2.24) is 0 Å². The van der Waals surface area contributed by atoms with Crippen LogP contribution in [0.2, 0.25) is 10.0 Å². The van der Waals surface area contributed by atoms with Crippen LogP contribution in [0.25, 0.3) is 0 Å². The lowest BCUT2D eigenvalue weighted by Gasteiger charge is -2.28. The summed E-state index contributed by atoms with van der Waals surface area (Å²) in [6, 6.07) is 8.10. The molecule has 6 heteroatoms. The van der Waals surface area contributed by atoms with Gasteiger partial charge < -0.3 is 14.8 Å². The predicted octanol–water partition coefficient (Wildman–Crippen LogP) is 4.69. The van der Waals surface area contributed by atoms with E-state index in [1.54, 1.807) is 24.3 Å². The number of rotatable bonds is 2. The molecule has 1 unspecified atom stereocenters. The van der Waals surface area contributed by atoms with E-state index >= 15 is 0 Å². The van der Waals surface area contributed by atoms with Gasteiger partial charge in [-0.15, -0.1) is 0 Å². The summed E-state index contributed by atoms with van der Waals surface area (Å²) in [5.41, 5.74) is 1.44. The summed E-state index contributed by atoms with van der Waals surface area (Å²) in [5.74, 6) is 0.299. The number of anilines is 1. The SMILES string of the molecule is COc1ccc(C2CNc3cc(Cl)cc(Cl)c3O2)cc1F. The van der Waals surface area contributed by atoms with Gasteiger partial charge in [-0.3, -0.25) is 0 Å². The Labute approximate surface area is 131 Å². The second kappa shape index (κ2) is 5.62. The molecule has 1 heterocycles. The molecule has 0 bridgehead atoms. The van der Waals surface area contributed by atoms with Crippen LogP contribution < -0.4 is 14.8 Å². The molecule has 0 aromatic heterocycles. The third kappa shape index (κ3) is 2.74. The Morgan fingerprint density at radius 1 is 1.29 bits per heavy atom. The molecule has 1 N–H and O–H groups in total. The average Bonchev–Trinajstić information content (AvgIpc) is 2.46. The minimum atomic E-state index is -0.424. The highest BCUT2D eigenvalue weighted by atomic mass is 35.5. The van der Waals surface area contributed by atoms with Crippen molar-refractivity contribution in [1.29, 1.82) is 0 Å². The Balaban J connectivity index is 1.91. The van der Waals surface area contributed by atoms with Gasteiger partial charge in [0.25, 0.3) is 0 Å². The molecule has 0 fully saturated rings. The summed E-state index contributed by atoms with van der Waals surface area (Å²) in [4.78, 5) is 0. The fourth-order valence-electron chi connectivity index (χ4n) is 2.27. The van der Waals surface area contributed by atoms with Gasteiger partial charge in [-0.2, -0.15) is 0 Å². The Hall–Kier alpha value is -1.65. The first-order valence-corrected chi connectivity index (χ1v) is 7.07. The molecule has 1 atom stereocenters. The van der Waals surface area contributed by atoms with E-state index in [4.69, 9.17) is 32.7 Å². The Morgan fingerprint density at radius 2 is 2.10 bits per heavy atom. The second-order valence-electron chi connectivity index (χ2n) is 4.65. The van der Waals surface area contributed by atoms with Crippen molar-refractivity contribution < 1.29 is 13.9 Å². The van der Waals surface area contributed by atoms with Gasteiger partial charge in [-0.25, -0.2) is 4.39 Å². The van der Waals surface area contributed by atoms with Crippen molar-refractivity contribution in [2.45, 2.75) is 6.10 Å². The number of halogens is 3. The third-order valence-corrected chi connectivity index (χ3v) is 3.79. The molecule has 0 saturated heterocycles. The highest BCUT2D eigenvalue weighted by Crippen LogP contribution is 2.42. The summed E-state index contributed by atoms with van der Waals surface area (Å²) in [6.45, 7) is 0.495. The molecule has 0 aliphatic carbocycles. The lowest BCUT2D eigenvalue weighted by atomic mass is 10.1. The molecule has 2 aromatic carbocycles. The van der Waals surface area contributed by atoms with Crippen molar-refractivity contribution in [2.24, 2.45) is 0 Å². The van der Waals surface area contributed by atoms with E-state index in [2.05, 4.69) is 5.32 Å². The van der Waals surface area contributed by atoms with Crippen molar-refractivity contribution >= 4 is 28.9 Å². The summed E-state index contributed by atoms with van der Waals surface area (Å²) in [7, 11) is 1.43. The maximum Gasteiger partial charge on any atom is 0.165 e. The number of ether oxygens (including phenoxy) is 2. The van der Waals surface area contributed by atoms with Gasteiger partial charge in [0, 0.05) is 5.02 Å². The molecule has 3 rings (SSSR count). The number of methoxy groups -OCH3 is 1. The van der Waals surface area contributed by atoms with Gasteiger partial charge >= 0.3 is 0 Å². The van der Waals surface area contributed by atoms with Crippen molar-refractivity contribution in [3.05, 3.63) is 51.8 Å². The topological polar surface area (TPSA) is 30.5 Å². The molecule has 1 aliphatic heterocycles. The first kappa shape index (κ1) is 14.3. The highest BCUT2D eigenvalue weighted by molar-refractivity contribution is 6.36. The van der Waals surface area contributed by atoms with E-state index in [0.29, 0.717) is 27.9 Å².